The van der Waals surface area contributed by atoms with Gasteiger partial charge in [0.05, 0.1) is 12.1 Å². The summed E-state index contributed by atoms with van der Waals surface area (Å²) in [7, 11) is 0. The van der Waals surface area contributed by atoms with Crippen LogP contribution in [-0.2, 0) is 4.79 Å². The van der Waals surface area contributed by atoms with Gasteiger partial charge in [-0.1, -0.05) is 29.8 Å². The second-order valence-electron chi connectivity index (χ2n) is 8.10. The number of benzene rings is 1. The van der Waals surface area contributed by atoms with Crippen LogP contribution in [0.25, 0.3) is 0 Å². The number of nitrogens with zero attached hydrogens (tertiary/aromatic N) is 3. The van der Waals surface area contributed by atoms with Gasteiger partial charge in [-0.2, -0.15) is 0 Å². The van der Waals surface area contributed by atoms with Crippen molar-refractivity contribution >= 4 is 12.0 Å². The molecule has 1 unspecified atom stereocenters. The van der Waals surface area contributed by atoms with Crippen LogP contribution in [0.4, 0.5) is 0 Å². The first-order valence-electron chi connectivity index (χ1n) is 10.6. The fourth-order valence-electron chi connectivity index (χ4n) is 4.02. The molecule has 1 fully saturated rings. The minimum Gasteiger partial charge on any atom is -0.511 e. The SMILES string of the molecule is Cc1ccc(C2CC(=O)C(C=NCCN3CCN(CCCO)CC3)=C(O)C2)cc1. The van der Waals surface area contributed by atoms with Crippen LogP contribution in [0.1, 0.15) is 36.3 Å². The number of Topliss-reactive ketones (excluding diaryl/α,β-unsaturated/α-hetero) is 1. The fourth-order valence-corrected chi connectivity index (χ4v) is 4.02. The van der Waals surface area contributed by atoms with Crippen LogP contribution in [0.3, 0.4) is 0 Å². The lowest BCUT2D eigenvalue weighted by molar-refractivity contribution is -0.116. The molecule has 1 aliphatic heterocycles. The number of hydrogen-bond acceptors (Lipinski definition) is 6. The Morgan fingerprint density at radius 2 is 1.72 bits per heavy atom. The van der Waals surface area contributed by atoms with Crippen molar-refractivity contribution in [1.29, 1.82) is 0 Å². The zero-order chi connectivity index (χ0) is 20.6. The first-order chi connectivity index (χ1) is 14.1. The van der Waals surface area contributed by atoms with Crippen molar-refractivity contribution in [3.05, 3.63) is 46.7 Å². The summed E-state index contributed by atoms with van der Waals surface area (Å²) in [6.07, 6.45) is 3.32. The Hall–Kier alpha value is -2.02. The number of aliphatic imine (C=N–C) groups is 1. The van der Waals surface area contributed by atoms with Gasteiger partial charge in [-0.15, -0.1) is 0 Å². The van der Waals surface area contributed by atoms with Crippen molar-refractivity contribution < 1.29 is 15.0 Å². The molecule has 0 aromatic heterocycles. The average molecular weight is 400 g/mol. The van der Waals surface area contributed by atoms with Gasteiger partial charge < -0.3 is 15.1 Å². The molecule has 0 bridgehead atoms. The molecule has 3 rings (SSSR count). The molecule has 6 heteroatoms. The van der Waals surface area contributed by atoms with Crippen LogP contribution in [0.5, 0.6) is 0 Å². The number of rotatable bonds is 8. The fraction of sp³-hybridized carbons (Fsp3) is 0.565. The number of ketones is 1. The second kappa shape index (κ2) is 10.7. The molecule has 1 saturated heterocycles. The third-order valence-corrected chi connectivity index (χ3v) is 5.89. The van der Waals surface area contributed by atoms with E-state index >= 15 is 0 Å². The third-order valence-electron chi connectivity index (χ3n) is 5.89. The molecular weight excluding hydrogens is 366 g/mol. The highest BCUT2D eigenvalue weighted by Crippen LogP contribution is 2.33. The smallest absolute Gasteiger partial charge is 0.168 e. The number of allylic oxidation sites excluding steroid dienone is 2. The van der Waals surface area contributed by atoms with Gasteiger partial charge in [-0.3, -0.25) is 14.7 Å². The maximum Gasteiger partial charge on any atom is 0.168 e. The number of aliphatic hydroxyl groups excluding tert-OH is 2. The Morgan fingerprint density at radius 1 is 1.07 bits per heavy atom. The lowest BCUT2D eigenvalue weighted by Gasteiger charge is -2.34. The first kappa shape index (κ1) is 21.7. The summed E-state index contributed by atoms with van der Waals surface area (Å²) in [4.78, 5) is 21.7. The van der Waals surface area contributed by atoms with Crippen molar-refractivity contribution in [3.8, 4) is 0 Å². The summed E-state index contributed by atoms with van der Waals surface area (Å²) in [5.41, 5.74) is 2.67. The standard InChI is InChI=1S/C23H33N3O3/c1-18-3-5-19(6-4-18)20-15-22(28)21(23(29)16-20)17-24-7-9-26-12-10-25(11-13-26)8-2-14-27/h3-6,17,20,27-28H,2,7-16H2,1H3. The lowest BCUT2D eigenvalue weighted by atomic mass is 9.83. The molecule has 1 atom stereocenters. The largest absolute Gasteiger partial charge is 0.511 e. The predicted molar refractivity (Wildman–Crippen MR) is 116 cm³/mol. The molecule has 2 N–H and O–H groups in total. The Balaban J connectivity index is 1.46. The van der Waals surface area contributed by atoms with Crippen LogP contribution in [0.15, 0.2) is 40.6 Å². The second-order valence-corrected chi connectivity index (χ2v) is 8.10. The van der Waals surface area contributed by atoms with E-state index in [-0.39, 0.29) is 24.1 Å². The zero-order valence-electron chi connectivity index (χ0n) is 17.4. The summed E-state index contributed by atoms with van der Waals surface area (Å²) in [6.45, 7) is 8.80. The van der Waals surface area contributed by atoms with E-state index in [1.54, 1.807) is 6.21 Å². The van der Waals surface area contributed by atoms with Crippen molar-refractivity contribution in [3.63, 3.8) is 0 Å². The van der Waals surface area contributed by atoms with E-state index in [4.69, 9.17) is 5.11 Å². The highest BCUT2D eigenvalue weighted by atomic mass is 16.3. The molecule has 2 aliphatic rings. The van der Waals surface area contributed by atoms with Gasteiger partial charge in [-0.25, -0.2) is 0 Å². The molecule has 29 heavy (non-hydrogen) atoms. The van der Waals surface area contributed by atoms with Gasteiger partial charge in [0.15, 0.2) is 5.78 Å². The van der Waals surface area contributed by atoms with Crippen LogP contribution in [-0.4, -0.2) is 84.4 Å². The van der Waals surface area contributed by atoms with Gasteiger partial charge in [0, 0.05) is 64.9 Å². The normalized spacial score (nSPS) is 22.0. The Kier molecular flexibility index (Phi) is 7.98. The number of piperazine rings is 1. The lowest BCUT2D eigenvalue weighted by Crippen LogP contribution is -2.47. The van der Waals surface area contributed by atoms with Crippen molar-refractivity contribution in [2.24, 2.45) is 4.99 Å². The summed E-state index contributed by atoms with van der Waals surface area (Å²) >= 11 is 0. The van der Waals surface area contributed by atoms with Crippen LogP contribution >= 0.6 is 0 Å². The quantitative estimate of drug-likeness (QED) is 0.656. The Morgan fingerprint density at radius 3 is 2.34 bits per heavy atom. The topological polar surface area (TPSA) is 76.4 Å². The van der Waals surface area contributed by atoms with E-state index < -0.39 is 0 Å². The Labute approximate surface area is 173 Å². The number of carbonyl (C=O) groups is 1. The molecule has 1 aromatic carbocycles. The van der Waals surface area contributed by atoms with Crippen LogP contribution in [0.2, 0.25) is 0 Å². The molecule has 1 aliphatic carbocycles. The summed E-state index contributed by atoms with van der Waals surface area (Å²) in [5.74, 6) is 0.177. The number of aliphatic hydroxyl groups is 2. The summed E-state index contributed by atoms with van der Waals surface area (Å²) in [6, 6.07) is 8.18. The van der Waals surface area contributed by atoms with Crippen LogP contribution in [0, 0.1) is 6.92 Å². The van der Waals surface area contributed by atoms with E-state index in [1.807, 2.05) is 31.2 Å². The summed E-state index contributed by atoms with van der Waals surface area (Å²) in [5, 5.41) is 19.3. The monoisotopic (exact) mass is 399 g/mol. The molecule has 1 heterocycles. The average Bonchev–Trinajstić information content (AvgIpc) is 2.72. The molecule has 6 nitrogen and oxygen atoms in total. The predicted octanol–water partition coefficient (Wildman–Crippen LogP) is 2.32. The number of aryl methyl sites for hydroxylation is 1. The zero-order valence-corrected chi connectivity index (χ0v) is 17.4. The highest BCUT2D eigenvalue weighted by molar-refractivity contribution is 6.14. The van der Waals surface area contributed by atoms with E-state index in [9.17, 15) is 9.90 Å². The van der Waals surface area contributed by atoms with Gasteiger partial charge in [0.1, 0.15) is 5.76 Å². The maximum atomic E-state index is 12.5. The van der Waals surface area contributed by atoms with Crippen molar-refractivity contribution in [2.45, 2.75) is 32.1 Å². The van der Waals surface area contributed by atoms with E-state index in [1.165, 1.54) is 5.56 Å². The van der Waals surface area contributed by atoms with E-state index in [0.29, 0.717) is 25.0 Å². The van der Waals surface area contributed by atoms with Gasteiger partial charge >= 0.3 is 0 Å². The Bertz CT molecular complexity index is 734. The molecule has 0 saturated carbocycles. The first-order valence-corrected chi connectivity index (χ1v) is 10.6. The molecule has 158 valence electrons. The molecule has 0 spiro atoms. The van der Waals surface area contributed by atoms with Crippen molar-refractivity contribution in [1.82, 2.24) is 9.80 Å². The van der Waals surface area contributed by atoms with Gasteiger partial charge in [-0.05, 0) is 24.8 Å². The highest BCUT2D eigenvalue weighted by Gasteiger charge is 2.27. The molecule has 1 aromatic rings. The molecule has 0 radical (unpaired) electrons. The number of hydrogen-bond donors (Lipinski definition) is 2. The van der Waals surface area contributed by atoms with E-state index in [2.05, 4.69) is 14.8 Å². The minimum atomic E-state index is -0.0272. The maximum absolute atomic E-state index is 12.5. The third kappa shape index (κ3) is 6.23. The van der Waals surface area contributed by atoms with Crippen LogP contribution < -0.4 is 0 Å². The summed E-state index contributed by atoms with van der Waals surface area (Å²) < 4.78 is 0. The van der Waals surface area contributed by atoms with Crippen molar-refractivity contribution in [2.75, 3.05) is 52.4 Å². The number of carbonyl (C=O) groups excluding carboxylic acids is 1. The molecular formula is C23H33N3O3. The molecule has 0 amide bonds. The minimum absolute atomic E-state index is 0.0272. The van der Waals surface area contributed by atoms with Gasteiger partial charge in [0.25, 0.3) is 0 Å². The van der Waals surface area contributed by atoms with Gasteiger partial charge in [0.2, 0.25) is 0 Å². The van der Waals surface area contributed by atoms with E-state index in [0.717, 1.165) is 51.3 Å².